The molecule has 0 unspecified atom stereocenters. The van der Waals surface area contributed by atoms with Crippen LogP contribution >= 0.6 is 11.6 Å². The predicted octanol–water partition coefficient (Wildman–Crippen LogP) is 5.35. The first-order valence-corrected chi connectivity index (χ1v) is 11.2. The van der Waals surface area contributed by atoms with Crippen LogP contribution in [0, 0.1) is 5.92 Å². The molecule has 0 atom stereocenters. The lowest BCUT2D eigenvalue weighted by Crippen LogP contribution is -2.34. The van der Waals surface area contributed by atoms with E-state index in [0.29, 0.717) is 29.1 Å². The van der Waals surface area contributed by atoms with Gasteiger partial charge < -0.3 is 15.5 Å². The number of nitrogens with zero attached hydrogens (tertiary/aromatic N) is 2. The first kappa shape index (κ1) is 21.4. The van der Waals surface area contributed by atoms with Gasteiger partial charge in [0.15, 0.2) is 0 Å². The summed E-state index contributed by atoms with van der Waals surface area (Å²) in [7, 11) is 4.13. The third-order valence-electron chi connectivity index (χ3n) is 6.03. The van der Waals surface area contributed by atoms with Crippen molar-refractivity contribution >= 4 is 39.9 Å². The molecule has 1 aromatic heterocycles. The molecule has 1 aliphatic carbocycles. The molecule has 1 fully saturated rings. The smallest absolute Gasteiger partial charge is 0.251 e. The second-order valence-corrected chi connectivity index (χ2v) is 8.95. The predicted molar refractivity (Wildman–Crippen MR) is 129 cm³/mol. The molecule has 1 saturated carbocycles. The first-order chi connectivity index (χ1) is 15.0. The summed E-state index contributed by atoms with van der Waals surface area (Å²) in [5, 5.41) is 8.52. The molecule has 1 heterocycles. The van der Waals surface area contributed by atoms with Gasteiger partial charge in [-0.3, -0.25) is 4.79 Å². The summed E-state index contributed by atoms with van der Waals surface area (Å²) in [6, 6.07) is 17.8. The fourth-order valence-electron chi connectivity index (χ4n) is 4.26. The highest BCUT2D eigenvalue weighted by molar-refractivity contribution is 6.30. The van der Waals surface area contributed by atoms with Gasteiger partial charge >= 0.3 is 0 Å². The molecular formula is C25H29ClN4O. The molecule has 4 rings (SSSR count). The lowest BCUT2D eigenvalue weighted by Gasteiger charge is -2.30. The number of hydrogen-bond donors (Lipinski definition) is 2. The zero-order valence-corrected chi connectivity index (χ0v) is 18.8. The van der Waals surface area contributed by atoms with Crippen molar-refractivity contribution in [3.63, 3.8) is 0 Å². The second-order valence-electron chi connectivity index (χ2n) is 8.52. The Kier molecular flexibility index (Phi) is 6.62. The van der Waals surface area contributed by atoms with Gasteiger partial charge in [-0.25, -0.2) is 4.98 Å². The van der Waals surface area contributed by atoms with E-state index in [1.54, 1.807) is 24.3 Å². The molecule has 5 nitrogen and oxygen atoms in total. The third kappa shape index (κ3) is 5.28. The van der Waals surface area contributed by atoms with E-state index in [2.05, 4.69) is 53.9 Å². The van der Waals surface area contributed by atoms with E-state index in [9.17, 15) is 4.79 Å². The number of nitrogens with one attached hydrogen (secondary N) is 2. The number of pyridine rings is 1. The zero-order valence-electron chi connectivity index (χ0n) is 18.1. The van der Waals surface area contributed by atoms with Crippen molar-refractivity contribution in [2.24, 2.45) is 5.92 Å². The average Bonchev–Trinajstić information content (AvgIpc) is 2.78. The van der Waals surface area contributed by atoms with E-state index in [-0.39, 0.29) is 5.91 Å². The van der Waals surface area contributed by atoms with Crippen molar-refractivity contribution in [3.8, 4) is 0 Å². The average molecular weight is 437 g/mol. The number of rotatable bonds is 6. The Morgan fingerprint density at radius 1 is 1.06 bits per heavy atom. The molecule has 0 saturated heterocycles. The van der Waals surface area contributed by atoms with Crippen molar-refractivity contribution in [1.82, 2.24) is 10.3 Å². The third-order valence-corrected chi connectivity index (χ3v) is 6.28. The molecule has 1 amide bonds. The minimum atomic E-state index is -0.0338. The van der Waals surface area contributed by atoms with Crippen molar-refractivity contribution in [2.75, 3.05) is 30.9 Å². The molecule has 3 aromatic rings. The number of halogens is 1. The Bertz CT molecular complexity index is 1040. The summed E-state index contributed by atoms with van der Waals surface area (Å²) in [5.41, 5.74) is 2.83. The maximum atomic E-state index is 12.3. The highest BCUT2D eigenvalue weighted by Gasteiger charge is 2.22. The lowest BCUT2D eigenvalue weighted by atomic mass is 9.86. The Morgan fingerprint density at radius 3 is 2.48 bits per heavy atom. The molecule has 0 spiro atoms. The number of hydrogen-bond acceptors (Lipinski definition) is 4. The van der Waals surface area contributed by atoms with Crippen LogP contribution in [0.25, 0.3) is 10.9 Å². The maximum absolute atomic E-state index is 12.3. The van der Waals surface area contributed by atoms with Crippen LogP contribution < -0.4 is 15.5 Å². The number of aromatic nitrogens is 1. The Morgan fingerprint density at radius 2 is 1.77 bits per heavy atom. The summed E-state index contributed by atoms with van der Waals surface area (Å²) in [5.74, 6) is 1.41. The van der Waals surface area contributed by atoms with Gasteiger partial charge in [0.2, 0.25) is 0 Å². The van der Waals surface area contributed by atoms with Crippen LogP contribution in [-0.4, -0.2) is 37.6 Å². The number of benzene rings is 2. The van der Waals surface area contributed by atoms with E-state index < -0.39 is 0 Å². The van der Waals surface area contributed by atoms with Gasteiger partial charge in [-0.05, 0) is 61.9 Å². The monoisotopic (exact) mass is 436 g/mol. The van der Waals surface area contributed by atoms with Crippen LogP contribution in [0.2, 0.25) is 5.02 Å². The lowest BCUT2D eigenvalue weighted by molar-refractivity contribution is 0.0943. The molecular weight excluding hydrogens is 408 g/mol. The van der Waals surface area contributed by atoms with Gasteiger partial charge in [0, 0.05) is 54.4 Å². The van der Waals surface area contributed by atoms with E-state index in [1.807, 2.05) is 6.07 Å². The normalized spacial score (nSPS) is 18.5. The summed E-state index contributed by atoms with van der Waals surface area (Å²) < 4.78 is 0. The molecule has 0 aliphatic heterocycles. The molecule has 0 radical (unpaired) electrons. The van der Waals surface area contributed by atoms with Crippen molar-refractivity contribution in [1.29, 1.82) is 0 Å². The highest BCUT2D eigenvalue weighted by atomic mass is 35.5. The van der Waals surface area contributed by atoms with E-state index in [0.717, 1.165) is 42.4 Å². The van der Waals surface area contributed by atoms with Crippen LogP contribution in [0.5, 0.6) is 0 Å². The second kappa shape index (κ2) is 9.56. The van der Waals surface area contributed by atoms with Gasteiger partial charge in [0.1, 0.15) is 5.82 Å². The standard InChI is InChI=1S/C25H29ClN4O/c1-30(2)23-15-24(29-22-6-4-3-5-21(22)23)28-20-13-7-17(8-14-20)16-27-25(31)18-9-11-19(26)12-10-18/h3-6,9-12,15,17,20H,7-8,13-14,16H2,1-2H3,(H,27,31)(H,28,29). The molecule has 0 bridgehead atoms. The summed E-state index contributed by atoms with van der Waals surface area (Å²) >= 11 is 5.90. The maximum Gasteiger partial charge on any atom is 0.251 e. The van der Waals surface area contributed by atoms with Crippen molar-refractivity contribution in [3.05, 3.63) is 65.2 Å². The Balaban J connectivity index is 1.31. The fourth-order valence-corrected chi connectivity index (χ4v) is 4.39. The van der Waals surface area contributed by atoms with Gasteiger partial charge in [-0.2, -0.15) is 0 Å². The molecule has 2 aromatic carbocycles. The first-order valence-electron chi connectivity index (χ1n) is 10.9. The Hall–Kier alpha value is -2.79. The van der Waals surface area contributed by atoms with Gasteiger partial charge in [0.05, 0.1) is 5.52 Å². The highest BCUT2D eigenvalue weighted by Crippen LogP contribution is 2.30. The van der Waals surface area contributed by atoms with Crippen LogP contribution in [0.4, 0.5) is 11.5 Å². The molecule has 6 heteroatoms. The minimum Gasteiger partial charge on any atom is -0.377 e. The summed E-state index contributed by atoms with van der Waals surface area (Å²) in [6.45, 7) is 0.715. The van der Waals surface area contributed by atoms with E-state index in [1.165, 1.54) is 5.69 Å². The van der Waals surface area contributed by atoms with Crippen LogP contribution in [0.3, 0.4) is 0 Å². The van der Waals surface area contributed by atoms with Crippen LogP contribution in [0.1, 0.15) is 36.0 Å². The van der Waals surface area contributed by atoms with Crippen LogP contribution in [0.15, 0.2) is 54.6 Å². The summed E-state index contributed by atoms with van der Waals surface area (Å²) in [4.78, 5) is 19.3. The largest absolute Gasteiger partial charge is 0.377 e. The van der Waals surface area contributed by atoms with Crippen molar-refractivity contribution in [2.45, 2.75) is 31.7 Å². The van der Waals surface area contributed by atoms with Gasteiger partial charge in [-0.15, -0.1) is 0 Å². The molecule has 162 valence electrons. The SMILES string of the molecule is CN(C)c1cc(NC2CCC(CNC(=O)c3ccc(Cl)cc3)CC2)nc2ccccc12. The van der Waals surface area contributed by atoms with E-state index in [4.69, 9.17) is 16.6 Å². The number of anilines is 2. The van der Waals surface area contributed by atoms with Crippen molar-refractivity contribution < 1.29 is 4.79 Å². The van der Waals surface area contributed by atoms with Gasteiger partial charge in [0.25, 0.3) is 5.91 Å². The number of carbonyl (C=O) groups excluding carboxylic acids is 1. The topological polar surface area (TPSA) is 57.3 Å². The quantitative estimate of drug-likeness (QED) is 0.546. The fraction of sp³-hybridized carbons (Fsp3) is 0.360. The number of para-hydroxylation sites is 1. The number of carbonyl (C=O) groups is 1. The number of amides is 1. The number of fused-ring (bicyclic) bond motifs is 1. The molecule has 2 N–H and O–H groups in total. The molecule has 1 aliphatic rings. The minimum absolute atomic E-state index is 0.0338. The Labute approximate surface area is 188 Å². The van der Waals surface area contributed by atoms with Crippen LogP contribution in [-0.2, 0) is 0 Å². The van der Waals surface area contributed by atoms with Gasteiger partial charge in [-0.1, -0.05) is 29.8 Å². The summed E-state index contributed by atoms with van der Waals surface area (Å²) in [6.07, 6.45) is 4.33. The molecule has 31 heavy (non-hydrogen) atoms. The zero-order chi connectivity index (χ0) is 21.8. The van der Waals surface area contributed by atoms with E-state index >= 15 is 0 Å².